The standard InChI is InChI=1S/C23H23FN2O5S/c1-16-5-3-4-6-21(16)31-14-13-23(27)25-18-9-12-22(30-2)20(15-18)26-32(28,29)19-10-7-17(24)8-11-19/h3-12,15,26H,13-14H2,1-2H3,(H,25,27). The summed E-state index contributed by atoms with van der Waals surface area (Å²) in [5.41, 5.74) is 1.48. The van der Waals surface area contributed by atoms with Crippen LogP contribution in [-0.4, -0.2) is 28.0 Å². The van der Waals surface area contributed by atoms with Gasteiger partial charge in [0.2, 0.25) is 5.91 Å². The number of sulfonamides is 1. The smallest absolute Gasteiger partial charge is 0.262 e. The van der Waals surface area contributed by atoms with Gasteiger partial charge in [-0.1, -0.05) is 18.2 Å². The molecule has 0 bridgehead atoms. The van der Waals surface area contributed by atoms with E-state index >= 15 is 0 Å². The van der Waals surface area contributed by atoms with Gasteiger partial charge >= 0.3 is 0 Å². The van der Waals surface area contributed by atoms with Crippen molar-refractivity contribution in [1.82, 2.24) is 0 Å². The minimum absolute atomic E-state index is 0.108. The molecule has 0 unspecified atom stereocenters. The summed E-state index contributed by atoms with van der Waals surface area (Å²) in [6.45, 7) is 2.11. The molecule has 3 aromatic rings. The van der Waals surface area contributed by atoms with Crippen LogP contribution in [-0.2, 0) is 14.8 Å². The molecule has 9 heteroatoms. The number of halogens is 1. The van der Waals surface area contributed by atoms with Gasteiger partial charge in [0.15, 0.2) is 0 Å². The van der Waals surface area contributed by atoms with Crippen molar-refractivity contribution in [2.75, 3.05) is 23.8 Å². The van der Waals surface area contributed by atoms with E-state index in [1.54, 1.807) is 6.07 Å². The highest BCUT2D eigenvalue weighted by atomic mass is 32.2. The fourth-order valence-electron chi connectivity index (χ4n) is 2.88. The van der Waals surface area contributed by atoms with Crippen LogP contribution in [0.2, 0.25) is 0 Å². The van der Waals surface area contributed by atoms with Crippen molar-refractivity contribution in [2.45, 2.75) is 18.2 Å². The second-order valence-electron chi connectivity index (χ2n) is 6.89. The molecule has 0 saturated heterocycles. The molecule has 3 aromatic carbocycles. The number of amides is 1. The monoisotopic (exact) mass is 458 g/mol. The SMILES string of the molecule is COc1ccc(NC(=O)CCOc2ccccc2C)cc1NS(=O)(=O)c1ccc(F)cc1. The molecule has 3 rings (SSSR count). The number of ether oxygens (including phenoxy) is 2. The van der Waals surface area contributed by atoms with Crippen LogP contribution in [0.15, 0.2) is 71.6 Å². The maximum atomic E-state index is 13.1. The van der Waals surface area contributed by atoms with Gasteiger partial charge in [-0.15, -0.1) is 0 Å². The number of carbonyl (C=O) groups is 1. The van der Waals surface area contributed by atoms with Crippen molar-refractivity contribution in [3.8, 4) is 11.5 Å². The van der Waals surface area contributed by atoms with Gasteiger partial charge in [0.25, 0.3) is 10.0 Å². The van der Waals surface area contributed by atoms with E-state index in [4.69, 9.17) is 9.47 Å². The number of carbonyl (C=O) groups excluding carboxylic acids is 1. The topological polar surface area (TPSA) is 93.7 Å². The van der Waals surface area contributed by atoms with Gasteiger partial charge in [0, 0.05) is 5.69 Å². The van der Waals surface area contributed by atoms with E-state index in [9.17, 15) is 17.6 Å². The molecule has 2 N–H and O–H groups in total. The normalized spacial score (nSPS) is 11.0. The maximum absolute atomic E-state index is 13.1. The van der Waals surface area contributed by atoms with E-state index in [-0.39, 0.29) is 35.3 Å². The maximum Gasteiger partial charge on any atom is 0.262 e. The lowest BCUT2D eigenvalue weighted by molar-refractivity contribution is -0.116. The first kappa shape index (κ1) is 23.1. The van der Waals surface area contributed by atoms with Crippen LogP contribution in [0.3, 0.4) is 0 Å². The van der Waals surface area contributed by atoms with E-state index in [1.165, 1.54) is 19.2 Å². The van der Waals surface area contributed by atoms with E-state index < -0.39 is 15.8 Å². The van der Waals surface area contributed by atoms with Crippen LogP contribution >= 0.6 is 0 Å². The Kier molecular flexibility index (Phi) is 7.32. The van der Waals surface area contributed by atoms with Crippen molar-refractivity contribution in [3.05, 3.63) is 78.1 Å². The molecule has 0 heterocycles. The zero-order valence-electron chi connectivity index (χ0n) is 17.6. The third-order valence-electron chi connectivity index (χ3n) is 4.53. The highest BCUT2D eigenvalue weighted by Crippen LogP contribution is 2.30. The Morgan fingerprint density at radius 2 is 1.72 bits per heavy atom. The van der Waals surface area contributed by atoms with E-state index in [1.807, 2.05) is 31.2 Å². The molecule has 7 nitrogen and oxygen atoms in total. The van der Waals surface area contributed by atoms with Crippen molar-refractivity contribution < 1.29 is 27.1 Å². The Bertz CT molecular complexity index is 1200. The van der Waals surface area contributed by atoms with Gasteiger partial charge in [-0.05, 0) is 61.0 Å². The van der Waals surface area contributed by atoms with Gasteiger partial charge in [-0.25, -0.2) is 12.8 Å². The molecule has 0 fully saturated rings. The lowest BCUT2D eigenvalue weighted by Gasteiger charge is -2.14. The van der Waals surface area contributed by atoms with E-state index in [0.717, 1.165) is 29.8 Å². The minimum Gasteiger partial charge on any atom is -0.495 e. The van der Waals surface area contributed by atoms with Crippen molar-refractivity contribution in [1.29, 1.82) is 0 Å². The number of methoxy groups -OCH3 is 1. The van der Waals surface area contributed by atoms with Crippen molar-refractivity contribution in [2.24, 2.45) is 0 Å². The summed E-state index contributed by atoms with van der Waals surface area (Å²) in [5.74, 6) is 0.132. The number of hydrogen-bond acceptors (Lipinski definition) is 5. The first-order valence-corrected chi connectivity index (χ1v) is 11.2. The lowest BCUT2D eigenvalue weighted by atomic mass is 10.2. The first-order valence-electron chi connectivity index (χ1n) is 9.73. The molecule has 0 aliphatic heterocycles. The average molecular weight is 459 g/mol. The predicted molar refractivity (Wildman–Crippen MR) is 120 cm³/mol. The van der Waals surface area contributed by atoms with E-state index in [0.29, 0.717) is 11.4 Å². The molecular weight excluding hydrogens is 435 g/mol. The molecule has 0 aromatic heterocycles. The van der Waals surface area contributed by atoms with Gasteiger partial charge in [0.05, 0.1) is 30.7 Å². The fraction of sp³-hybridized carbons (Fsp3) is 0.174. The van der Waals surface area contributed by atoms with Gasteiger partial charge < -0.3 is 14.8 Å². The molecule has 32 heavy (non-hydrogen) atoms. The number of para-hydroxylation sites is 1. The largest absolute Gasteiger partial charge is 0.495 e. The van der Waals surface area contributed by atoms with Gasteiger partial charge in [-0.2, -0.15) is 0 Å². The fourth-order valence-corrected chi connectivity index (χ4v) is 3.94. The van der Waals surface area contributed by atoms with Gasteiger partial charge in [-0.3, -0.25) is 9.52 Å². The van der Waals surface area contributed by atoms with Crippen molar-refractivity contribution >= 4 is 27.3 Å². The molecule has 0 saturated carbocycles. The summed E-state index contributed by atoms with van der Waals surface area (Å²) >= 11 is 0. The summed E-state index contributed by atoms with van der Waals surface area (Å²) in [6, 6.07) is 16.5. The van der Waals surface area contributed by atoms with Crippen LogP contribution in [0.25, 0.3) is 0 Å². The second kappa shape index (κ2) is 10.1. The highest BCUT2D eigenvalue weighted by molar-refractivity contribution is 7.92. The zero-order chi connectivity index (χ0) is 23.1. The Hall–Kier alpha value is -3.59. The number of hydrogen-bond donors (Lipinski definition) is 2. The Labute approximate surface area is 186 Å². The Balaban J connectivity index is 1.67. The van der Waals surface area contributed by atoms with Gasteiger partial charge in [0.1, 0.15) is 17.3 Å². The molecule has 0 aliphatic rings. The molecule has 168 valence electrons. The molecular formula is C23H23FN2O5S. The number of rotatable bonds is 9. The molecule has 0 aliphatic carbocycles. The summed E-state index contributed by atoms with van der Waals surface area (Å²) < 4.78 is 51.6. The van der Waals surface area contributed by atoms with Crippen LogP contribution in [0, 0.1) is 12.7 Å². The summed E-state index contributed by atoms with van der Waals surface area (Å²) in [6.07, 6.45) is 0.108. The molecule has 0 spiro atoms. The van der Waals surface area contributed by atoms with Crippen LogP contribution in [0.4, 0.5) is 15.8 Å². The van der Waals surface area contributed by atoms with Crippen LogP contribution in [0.5, 0.6) is 11.5 Å². The third kappa shape index (κ3) is 5.98. The summed E-state index contributed by atoms with van der Waals surface area (Å²) in [7, 11) is -2.59. The average Bonchev–Trinajstić information content (AvgIpc) is 2.75. The zero-order valence-corrected chi connectivity index (χ0v) is 18.4. The number of nitrogens with one attached hydrogen (secondary N) is 2. The van der Waals surface area contributed by atoms with Crippen LogP contribution in [0.1, 0.15) is 12.0 Å². The third-order valence-corrected chi connectivity index (χ3v) is 5.91. The number of benzene rings is 3. The first-order chi connectivity index (χ1) is 15.3. The molecule has 0 radical (unpaired) electrons. The molecule has 0 atom stereocenters. The summed E-state index contributed by atoms with van der Waals surface area (Å²) in [5, 5.41) is 2.71. The minimum atomic E-state index is -3.99. The van der Waals surface area contributed by atoms with Crippen molar-refractivity contribution in [3.63, 3.8) is 0 Å². The Morgan fingerprint density at radius 1 is 1.00 bits per heavy atom. The molecule has 1 amide bonds. The lowest BCUT2D eigenvalue weighted by Crippen LogP contribution is -2.16. The number of anilines is 2. The number of aryl methyl sites for hydroxylation is 1. The highest BCUT2D eigenvalue weighted by Gasteiger charge is 2.17. The Morgan fingerprint density at radius 3 is 2.41 bits per heavy atom. The van der Waals surface area contributed by atoms with Crippen LogP contribution < -0.4 is 19.5 Å². The quantitative estimate of drug-likeness (QED) is 0.497. The second-order valence-corrected chi connectivity index (χ2v) is 8.57. The predicted octanol–water partition coefficient (Wildman–Crippen LogP) is 4.35. The summed E-state index contributed by atoms with van der Waals surface area (Å²) in [4.78, 5) is 12.2. The van der Waals surface area contributed by atoms with E-state index in [2.05, 4.69) is 10.0 Å².